The molecular weight excluding hydrogens is 194 g/mol. The summed E-state index contributed by atoms with van der Waals surface area (Å²) in [5, 5.41) is 0.356. The van der Waals surface area contributed by atoms with Crippen LogP contribution in [0.1, 0.15) is 13.3 Å². The third-order valence-electron chi connectivity index (χ3n) is 2.20. The van der Waals surface area contributed by atoms with Gasteiger partial charge in [0.05, 0.1) is 10.9 Å². The van der Waals surface area contributed by atoms with E-state index in [0.717, 1.165) is 17.9 Å². The van der Waals surface area contributed by atoms with Crippen molar-refractivity contribution in [3.63, 3.8) is 0 Å². The van der Waals surface area contributed by atoms with E-state index in [9.17, 15) is 0 Å². The van der Waals surface area contributed by atoms with Crippen molar-refractivity contribution in [2.45, 2.75) is 23.5 Å². The number of nitrogens with zero attached hydrogens (tertiary/aromatic N) is 1. The quantitative estimate of drug-likeness (QED) is 0.547. The summed E-state index contributed by atoms with van der Waals surface area (Å²) >= 11 is 1.82. The normalized spacial score (nSPS) is 19.9. The molecule has 1 aromatic carbocycles. The van der Waals surface area contributed by atoms with Crippen LogP contribution in [-0.4, -0.2) is 11.1 Å². The van der Waals surface area contributed by atoms with Crippen molar-refractivity contribution in [1.29, 1.82) is 0 Å². The fourth-order valence-corrected chi connectivity index (χ4v) is 2.56. The second-order valence-corrected chi connectivity index (χ2v) is 4.37. The minimum atomic E-state index is 0.356. The van der Waals surface area contributed by atoms with E-state index in [-0.39, 0.29) is 0 Å². The molecule has 1 aromatic rings. The molecule has 1 atom stereocenters. The first-order chi connectivity index (χ1) is 6.85. The van der Waals surface area contributed by atoms with Crippen LogP contribution in [0.2, 0.25) is 0 Å². The number of amidine groups is 1. The van der Waals surface area contributed by atoms with E-state index in [1.807, 2.05) is 30.0 Å². The minimum absolute atomic E-state index is 0.356. The van der Waals surface area contributed by atoms with Crippen LogP contribution in [0.3, 0.4) is 0 Å². The molecule has 0 fully saturated rings. The van der Waals surface area contributed by atoms with Crippen LogP contribution in [0.4, 0.5) is 5.69 Å². The molecule has 0 aliphatic carbocycles. The number of hydrogen-bond donors (Lipinski definition) is 2. The monoisotopic (exact) mass is 207 g/mol. The molecule has 1 unspecified atom stereocenters. The number of nitrogens with one attached hydrogen (secondary N) is 1. The molecule has 0 radical (unpaired) electrons. The second kappa shape index (κ2) is 4.02. The first kappa shape index (κ1) is 9.55. The van der Waals surface area contributed by atoms with Crippen LogP contribution >= 0.6 is 11.8 Å². The van der Waals surface area contributed by atoms with Gasteiger partial charge in [-0.2, -0.15) is 0 Å². The Kier molecular flexibility index (Phi) is 2.74. The van der Waals surface area contributed by atoms with Crippen molar-refractivity contribution < 1.29 is 0 Å². The lowest BCUT2D eigenvalue weighted by atomic mass is 10.2. The highest BCUT2D eigenvalue weighted by Gasteiger charge is 2.21. The molecule has 3 nitrogen and oxygen atoms in total. The van der Waals surface area contributed by atoms with E-state index in [2.05, 4.69) is 23.4 Å². The highest BCUT2D eigenvalue weighted by Crippen LogP contribution is 2.37. The van der Waals surface area contributed by atoms with Gasteiger partial charge in [0.25, 0.3) is 0 Å². The van der Waals surface area contributed by atoms with Gasteiger partial charge in [-0.3, -0.25) is 0 Å². The number of hydrazine groups is 1. The van der Waals surface area contributed by atoms with Gasteiger partial charge in [0.1, 0.15) is 5.84 Å². The highest BCUT2D eigenvalue weighted by molar-refractivity contribution is 8.00. The molecule has 14 heavy (non-hydrogen) atoms. The van der Waals surface area contributed by atoms with Crippen LogP contribution in [0, 0.1) is 0 Å². The minimum Gasteiger partial charge on any atom is -0.311 e. The molecule has 1 aliphatic rings. The third-order valence-corrected chi connectivity index (χ3v) is 3.64. The second-order valence-electron chi connectivity index (χ2n) is 3.12. The smallest absolute Gasteiger partial charge is 0.130 e. The average Bonchev–Trinajstić information content (AvgIpc) is 2.27. The van der Waals surface area contributed by atoms with Gasteiger partial charge in [0.15, 0.2) is 0 Å². The number of rotatable bonds is 1. The van der Waals surface area contributed by atoms with Crippen molar-refractivity contribution in [2.75, 3.05) is 0 Å². The van der Waals surface area contributed by atoms with Crippen molar-refractivity contribution in [3.05, 3.63) is 24.3 Å². The summed E-state index contributed by atoms with van der Waals surface area (Å²) in [5.41, 5.74) is 3.68. The Labute approximate surface area is 87.8 Å². The van der Waals surface area contributed by atoms with E-state index >= 15 is 0 Å². The van der Waals surface area contributed by atoms with Crippen LogP contribution in [-0.2, 0) is 0 Å². The predicted octanol–water partition coefficient (Wildman–Crippen LogP) is 2.06. The molecule has 1 aliphatic heterocycles. The van der Waals surface area contributed by atoms with Crippen molar-refractivity contribution >= 4 is 23.3 Å². The van der Waals surface area contributed by atoms with E-state index in [4.69, 9.17) is 5.84 Å². The molecule has 4 heteroatoms. The maximum absolute atomic E-state index is 5.43. The molecule has 0 bridgehead atoms. The number of thioether (sulfide) groups is 1. The standard InChI is InChI=1S/C10H13N3S/c1-2-8-10(13-11)12-7-5-3-4-6-9(7)14-8/h3-6,8H,2,11H2,1H3,(H,12,13). The Balaban J connectivity index is 2.39. The number of para-hydroxylation sites is 1. The highest BCUT2D eigenvalue weighted by atomic mass is 32.2. The van der Waals surface area contributed by atoms with Crippen molar-refractivity contribution in [2.24, 2.45) is 10.8 Å². The lowest BCUT2D eigenvalue weighted by molar-refractivity contribution is 0.911. The Bertz CT molecular complexity index is 362. The topological polar surface area (TPSA) is 50.4 Å². The van der Waals surface area contributed by atoms with Crippen molar-refractivity contribution in [3.8, 4) is 0 Å². The fraction of sp³-hybridized carbons (Fsp3) is 0.300. The summed E-state index contributed by atoms with van der Waals surface area (Å²) in [6.45, 7) is 2.14. The van der Waals surface area contributed by atoms with Gasteiger partial charge in [-0.05, 0) is 18.6 Å². The zero-order valence-corrected chi connectivity index (χ0v) is 8.84. The molecule has 3 N–H and O–H groups in total. The van der Waals surface area contributed by atoms with Gasteiger partial charge in [-0.15, -0.1) is 11.8 Å². The SMILES string of the molecule is CCC1Sc2ccccc2N=C1NN. The maximum Gasteiger partial charge on any atom is 0.130 e. The first-order valence-electron chi connectivity index (χ1n) is 4.66. The number of fused-ring (bicyclic) bond motifs is 1. The van der Waals surface area contributed by atoms with Gasteiger partial charge in [0.2, 0.25) is 0 Å². The molecule has 0 saturated carbocycles. The number of aliphatic imine (C=N–C) groups is 1. The Morgan fingerprint density at radius 3 is 3.00 bits per heavy atom. The third kappa shape index (κ3) is 1.63. The zero-order chi connectivity index (χ0) is 9.97. The summed E-state index contributed by atoms with van der Waals surface area (Å²) in [5.74, 6) is 6.30. The molecule has 0 spiro atoms. The summed E-state index contributed by atoms with van der Waals surface area (Å²) in [7, 11) is 0. The first-order valence-corrected chi connectivity index (χ1v) is 5.54. The van der Waals surface area contributed by atoms with Gasteiger partial charge in [0, 0.05) is 4.90 Å². The predicted molar refractivity (Wildman–Crippen MR) is 60.8 cm³/mol. The molecule has 0 amide bonds. The average molecular weight is 207 g/mol. The van der Waals surface area contributed by atoms with Gasteiger partial charge in [-0.1, -0.05) is 19.1 Å². The van der Waals surface area contributed by atoms with Gasteiger partial charge >= 0.3 is 0 Å². The molecule has 0 saturated heterocycles. The number of benzene rings is 1. The summed E-state index contributed by atoms with van der Waals surface area (Å²) < 4.78 is 0. The Morgan fingerprint density at radius 2 is 2.29 bits per heavy atom. The van der Waals surface area contributed by atoms with E-state index in [1.54, 1.807) is 0 Å². The molecule has 1 heterocycles. The van der Waals surface area contributed by atoms with Crippen LogP contribution in [0.25, 0.3) is 0 Å². The fourth-order valence-electron chi connectivity index (χ4n) is 1.46. The van der Waals surface area contributed by atoms with E-state index in [1.165, 1.54) is 4.90 Å². The summed E-state index contributed by atoms with van der Waals surface area (Å²) in [6, 6.07) is 8.13. The number of nitrogens with two attached hydrogens (primary N) is 1. The van der Waals surface area contributed by atoms with Crippen LogP contribution < -0.4 is 11.3 Å². The Morgan fingerprint density at radius 1 is 1.50 bits per heavy atom. The van der Waals surface area contributed by atoms with Crippen molar-refractivity contribution in [1.82, 2.24) is 5.43 Å². The van der Waals surface area contributed by atoms with Gasteiger partial charge in [-0.25, -0.2) is 10.8 Å². The molecule has 2 rings (SSSR count). The van der Waals surface area contributed by atoms with Crippen LogP contribution in [0.5, 0.6) is 0 Å². The molecule has 0 aromatic heterocycles. The van der Waals surface area contributed by atoms with Crippen LogP contribution in [0.15, 0.2) is 34.2 Å². The van der Waals surface area contributed by atoms with E-state index in [0.29, 0.717) is 5.25 Å². The zero-order valence-electron chi connectivity index (χ0n) is 8.03. The lowest BCUT2D eigenvalue weighted by Gasteiger charge is -2.22. The van der Waals surface area contributed by atoms with Gasteiger partial charge < -0.3 is 5.43 Å². The number of hydrogen-bond acceptors (Lipinski definition) is 4. The molecule has 74 valence electrons. The van der Waals surface area contributed by atoms with E-state index < -0.39 is 0 Å². The Hall–Kier alpha value is -1.00. The summed E-state index contributed by atoms with van der Waals surface area (Å²) in [4.78, 5) is 5.71. The maximum atomic E-state index is 5.43. The largest absolute Gasteiger partial charge is 0.311 e. The lowest BCUT2D eigenvalue weighted by Crippen LogP contribution is -2.38. The summed E-state index contributed by atoms with van der Waals surface area (Å²) in [6.07, 6.45) is 1.03. The molecular formula is C10H13N3S.